The van der Waals surface area contributed by atoms with Crippen molar-refractivity contribution in [3.8, 4) is 0 Å². The molecule has 0 bridgehead atoms. The van der Waals surface area contributed by atoms with Crippen molar-refractivity contribution in [2.45, 2.75) is 18.8 Å². The second kappa shape index (κ2) is 9.95. The highest BCUT2D eigenvalue weighted by molar-refractivity contribution is 6.43. The molecule has 1 unspecified atom stereocenters. The summed E-state index contributed by atoms with van der Waals surface area (Å²) in [5.74, 6) is -1.62. The van der Waals surface area contributed by atoms with Crippen molar-refractivity contribution in [3.05, 3.63) is 65.7 Å². The standard InChI is InChI=1S/C22H24BN3O6/c27-21(13-18-17(5-3-7-24-18)22(28)26-8-10-31-11-9-26)25-20(23(29)30)12-15-14-32-19-6-2-1-4-16(15)19/h1-7,14,20,29-30H,8-13H2,(H,25,27). The molecule has 1 aromatic carbocycles. The molecule has 3 heterocycles. The van der Waals surface area contributed by atoms with E-state index in [0.29, 0.717) is 43.1 Å². The number of morpholine rings is 1. The highest BCUT2D eigenvalue weighted by atomic mass is 16.5. The maximum absolute atomic E-state index is 12.9. The number of benzene rings is 1. The van der Waals surface area contributed by atoms with E-state index < -0.39 is 19.0 Å². The second-order valence-electron chi connectivity index (χ2n) is 7.63. The highest BCUT2D eigenvalue weighted by Gasteiger charge is 2.28. The molecule has 4 rings (SSSR count). The summed E-state index contributed by atoms with van der Waals surface area (Å²) in [4.78, 5) is 31.5. The lowest BCUT2D eigenvalue weighted by Crippen LogP contribution is -2.48. The first kappa shape index (κ1) is 22.0. The van der Waals surface area contributed by atoms with Gasteiger partial charge in [-0.25, -0.2) is 0 Å². The third-order valence-electron chi connectivity index (χ3n) is 5.45. The molecule has 1 aliphatic heterocycles. The predicted octanol–water partition coefficient (Wildman–Crippen LogP) is 0.582. The van der Waals surface area contributed by atoms with E-state index in [0.717, 1.165) is 10.9 Å². The highest BCUT2D eigenvalue weighted by Crippen LogP contribution is 2.22. The Labute approximate surface area is 185 Å². The van der Waals surface area contributed by atoms with E-state index in [1.54, 1.807) is 23.3 Å². The van der Waals surface area contributed by atoms with Gasteiger partial charge in [0, 0.05) is 24.7 Å². The average molecular weight is 437 g/mol. The normalized spacial score (nSPS) is 14.9. The molecule has 10 heteroatoms. The SMILES string of the molecule is O=C(Cc1ncccc1C(=O)N1CCOCC1)NC(Cc1coc2ccccc12)B(O)O. The molecular formula is C22H24BN3O6. The minimum absolute atomic E-state index is 0.165. The van der Waals surface area contributed by atoms with Gasteiger partial charge in [0.2, 0.25) is 5.91 Å². The number of furan rings is 1. The molecule has 32 heavy (non-hydrogen) atoms. The number of aromatic nitrogens is 1. The maximum atomic E-state index is 12.9. The van der Waals surface area contributed by atoms with Gasteiger partial charge < -0.3 is 29.4 Å². The molecule has 3 N–H and O–H groups in total. The van der Waals surface area contributed by atoms with Gasteiger partial charge in [0.1, 0.15) is 5.58 Å². The zero-order valence-corrected chi connectivity index (χ0v) is 17.4. The molecule has 3 aromatic rings. The van der Waals surface area contributed by atoms with Crippen molar-refractivity contribution in [1.29, 1.82) is 0 Å². The molecule has 0 radical (unpaired) electrons. The van der Waals surface area contributed by atoms with Crippen LogP contribution in [0.1, 0.15) is 21.6 Å². The van der Waals surface area contributed by atoms with E-state index in [-0.39, 0.29) is 18.7 Å². The lowest BCUT2D eigenvalue weighted by Gasteiger charge is -2.27. The van der Waals surface area contributed by atoms with E-state index in [4.69, 9.17) is 9.15 Å². The summed E-state index contributed by atoms with van der Waals surface area (Å²) >= 11 is 0. The van der Waals surface area contributed by atoms with E-state index in [2.05, 4.69) is 10.3 Å². The fraction of sp³-hybridized carbons (Fsp3) is 0.318. The van der Waals surface area contributed by atoms with E-state index in [1.807, 2.05) is 24.3 Å². The Morgan fingerprint density at radius 1 is 1.16 bits per heavy atom. The van der Waals surface area contributed by atoms with Crippen LogP contribution in [0.5, 0.6) is 0 Å². The minimum atomic E-state index is -1.77. The molecule has 1 aliphatic rings. The van der Waals surface area contributed by atoms with E-state index in [9.17, 15) is 19.6 Å². The number of para-hydroxylation sites is 1. The summed E-state index contributed by atoms with van der Waals surface area (Å²) in [6.07, 6.45) is 3.07. The molecule has 2 amide bonds. The number of hydrogen-bond acceptors (Lipinski definition) is 7. The Hall–Kier alpha value is -3.21. The first-order chi connectivity index (χ1) is 15.5. The largest absolute Gasteiger partial charge is 0.475 e. The van der Waals surface area contributed by atoms with Gasteiger partial charge in [-0.05, 0) is 30.2 Å². The van der Waals surface area contributed by atoms with Crippen molar-refractivity contribution in [3.63, 3.8) is 0 Å². The zero-order valence-electron chi connectivity index (χ0n) is 17.4. The van der Waals surface area contributed by atoms with Crippen LogP contribution in [-0.4, -0.2) is 71.1 Å². The van der Waals surface area contributed by atoms with Gasteiger partial charge in [0.25, 0.3) is 5.91 Å². The monoisotopic (exact) mass is 437 g/mol. The molecule has 1 atom stereocenters. The Morgan fingerprint density at radius 2 is 1.94 bits per heavy atom. The molecule has 0 aliphatic carbocycles. The van der Waals surface area contributed by atoms with Crippen LogP contribution in [0.25, 0.3) is 11.0 Å². The third kappa shape index (κ3) is 4.99. The van der Waals surface area contributed by atoms with Crippen molar-refractivity contribution in [2.75, 3.05) is 26.3 Å². The first-order valence-corrected chi connectivity index (χ1v) is 10.4. The number of nitrogens with zero attached hydrogens (tertiary/aromatic N) is 2. The Morgan fingerprint density at radius 3 is 2.72 bits per heavy atom. The molecule has 166 valence electrons. The summed E-state index contributed by atoms with van der Waals surface area (Å²) < 4.78 is 10.8. The van der Waals surface area contributed by atoms with Gasteiger partial charge >= 0.3 is 7.12 Å². The van der Waals surface area contributed by atoms with Crippen molar-refractivity contribution >= 4 is 29.9 Å². The topological polar surface area (TPSA) is 125 Å². The van der Waals surface area contributed by atoms with Gasteiger partial charge in [-0.2, -0.15) is 0 Å². The van der Waals surface area contributed by atoms with Crippen LogP contribution in [0.3, 0.4) is 0 Å². The predicted molar refractivity (Wildman–Crippen MR) is 117 cm³/mol. The van der Waals surface area contributed by atoms with Crippen LogP contribution in [-0.2, 0) is 22.4 Å². The summed E-state index contributed by atoms with van der Waals surface area (Å²) in [5, 5.41) is 23.2. The number of pyridine rings is 1. The first-order valence-electron chi connectivity index (χ1n) is 10.4. The number of ether oxygens (including phenoxy) is 1. The number of carbonyl (C=O) groups excluding carboxylic acids is 2. The molecule has 0 spiro atoms. The van der Waals surface area contributed by atoms with Crippen LogP contribution < -0.4 is 5.32 Å². The zero-order chi connectivity index (χ0) is 22.5. The van der Waals surface area contributed by atoms with Crippen LogP contribution >= 0.6 is 0 Å². The number of carbonyl (C=O) groups is 2. The molecular weight excluding hydrogens is 413 g/mol. The van der Waals surface area contributed by atoms with Gasteiger partial charge in [-0.1, -0.05) is 18.2 Å². The number of fused-ring (bicyclic) bond motifs is 1. The third-order valence-corrected chi connectivity index (χ3v) is 5.45. The van der Waals surface area contributed by atoms with Crippen LogP contribution in [0.4, 0.5) is 0 Å². The van der Waals surface area contributed by atoms with Crippen molar-refractivity contribution in [1.82, 2.24) is 15.2 Å². The van der Waals surface area contributed by atoms with E-state index in [1.165, 1.54) is 6.20 Å². The molecule has 9 nitrogen and oxygen atoms in total. The maximum Gasteiger partial charge on any atom is 0.475 e. The molecule has 1 fully saturated rings. The van der Waals surface area contributed by atoms with Crippen LogP contribution in [0.15, 0.2) is 53.3 Å². The number of nitrogens with one attached hydrogen (secondary N) is 1. The van der Waals surface area contributed by atoms with Crippen molar-refractivity contribution < 1.29 is 28.8 Å². The van der Waals surface area contributed by atoms with Gasteiger partial charge in [0.15, 0.2) is 0 Å². The number of hydrogen-bond donors (Lipinski definition) is 3. The lowest BCUT2D eigenvalue weighted by molar-refractivity contribution is -0.120. The smallest absolute Gasteiger partial charge is 0.464 e. The number of amides is 2. The summed E-state index contributed by atoms with van der Waals surface area (Å²) in [6.45, 7) is 1.91. The van der Waals surface area contributed by atoms with Crippen LogP contribution in [0, 0.1) is 0 Å². The molecule has 0 saturated carbocycles. The fourth-order valence-electron chi connectivity index (χ4n) is 3.78. The van der Waals surface area contributed by atoms with E-state index >= 15 is 0 Å². The Bertz CT molecular complexity index is 1100. The van der Waals surface area contributed by atoms with Crippen LogP contribution in [0.2, 0.25) is 0 Å². The quantitative estimate of drug-likeness (QED) is 0.462. The summed E-state index contributed by atoms with van der Waals surface area (Å²) in [5.41, 5.74) is 2.12. The van der Waals surface area contributed by atoms with Gasteiger partial charge in [0.05, 0.1) is 43.1 Å². The van der Waals surface area contributed by atoms with Gasteiger partial charge in [-0.3, -0.25) is 14.6 Å². The summed E-state index contributed by atoms with van der Waals surface area (Å²) in [6, 6.07) is 10.7. The molecule has 1 saturated heterocycles. The Balaban J connectivity index is 1.45. The fourth-order valence-corrected chi connectivity index (χ4v) is 3.78. The average Bonchev–Trinajstić information content (AvgIpc) is 3.22. The lowest BCUT2D eigenvalue weighted by atomic mass is 9.76. The summed E-state index contributed by atoms with van der Waals surface area (Å²) in [7, 11) is -1.77. The number of rotatable bonds is 7. The Kier molecular flexibility index (Phi) is 6.84. The minimum Gasteiger partial charge on any atom is -0.464 e. The molecule has 2 aromatic heterocycles. The second-order valence-corrected chi connectivity index (χ2v) is 7.63. The van der Waals surface area contributed by atoms with Crippen molar-refractivity contribution in [2.24, 2.45) is 0 Å². The van der Waals surface area contributed by atoms with Gasteiger partial charge in [-0.15, -0.1) is 0 Å².